The lowest BCUT2D eigenvalue weighted by atomic mass is 10.2. The van der Waals surface area contributed by atoms with Crippen molar-refractivity contribution in [3.8, 4) is 0 Å². The minimum absolute atomic E-state index is 0.101. The lowest BCUT2D eigenvalue weighted by Crippen LogP contribution is -2.40. The quantitative estimate of drug-likeness (QED) is 0.905. The second kappa shape index (κ2) is 6.73. The van der Waals surface area contributed by atoms with Gasteiger partial charge in [0.15, 0.2) is 5.82 Å². The Morgan fingerprint density at radius 2 is 2.28 bits per heavy atom. The van der Waals surface area contributed by atoms with Crippen LogP contribution in [0.15, 0.2) is 16.9 Å². The number of rotatable bonds is 4. The maximum atomic E-state index is 12.5. The van der Waals surface area contributed by atoms with E-state index in [-0.39, 0.29) is 18.4 Å². The predicted octanol–water partition coefficient (Wildman–Crippen LogP) is 2.18. The van der Waals surface area contributed by atoms with Crippen molar-refractivity contribution in [1.82, 2.24) is 29.9 Å². The fraction of sp³-hybridized carbons (Fsp3) is 0.571. The first-order valence-corrected chi connectivity index (χ1v) is 7.75. The van der Waals surface area contributed by atoms with Crippen molar-refractivity contribution in [3.63, 3.8) is 0 Å². The molecule has 1 saturated heterocycles. The van der Waals surface area contributed by atoms with Crippen LogP contribution >= 0.6 is 0 Å². The number of alkyl halides is 3. The summed E-state index contributed by atoms with van der Waals surface area (Å²) in [6, 6.07) is -0.695. The van der Waals surface area contributed by atoms with Gasteiger partial charge < -0.3 is 19.3 Å². The van der Waals surface area contributed by atoms with Crippen molar-refractivity contribution in [2.45, 2.75) is 45.1 Å². The molecule has 1 N–H and O–H groups in total. The molecule has 25 heavy (non-hydrogen) atoms. The highest BCUT2D eigenvalue weighted by Crippen LogP contribution is 2.30. The molecule has 1 aliphatic heterocycles. The zero-order chi connectivity index (χ0) is 18.0. The van der Waals surface area contributed by atoms with Crippen molar-refractivity contribution < 1.29 is 22.5 Å². The Morgan fingerprint density at radius 1 is 1.48 bits per heavy atom. The van der Waals surface area contributed by atoms with Crippen LogP contribution in [0.1, 0.15) is 36.4 Å². The molecule has 136 valence electrons. The van der Waals surface area contributed by atoms with Gasteiger partial charge in [0, 0.05) is 25.9 Å². The van der Waals surface area contributed by atoms with Crippen molar-refractivity contribution in [1.29, 1.82) is 0 Å². The van der Waals surface area contributed by atoms with Crippen LogP contribution in [0.2, 0.25) is 0 Å². The van der Waals surface area contributed by atoms with Crippen LogP contribution < -0.4 is 5.32 Å². The molecule has 1 fully saturated rings. The van der Waals surface area contributed by atoms with Gasteiger partial charge in [0.05, 0.1) is 12.6 Å². The SMILES string of the molecule is Cc1nc(C2CCCN2C(=O)NCc2nccn2CC(F)(F)F)no1. The van der Waals surface area contributed by atoms with Crippen LogP contribution in [0, 0.1) is 6.92 Å². The summed E-state index contributed by atoms with van der Waals surface area (Å²) in [6.07, 6.45) is -0.358. The zero-order valence-electron chi connectivity index (χ0n) is 13.5. The smallest absolute Gasteiger partial charge is 0.340 e. The number of carbonyl (C=O) groups excluding carboxylic acids is 1. The molecule has 1 aliphatic rings. The number of aromatic nitrogens is 4. The van der Waals surface area contributed by atoms with Gasteiger partial charge in [-0.05, 0) is 12.8 Å². The standard InChI is InChI=1S/C14H17F3N6O2/c1-9-20-12(21-25-9)10-3-2-5-23(10)13(24)19-7-11-18-4-6-22(11)8-14(15,16)17/h4,6,10H,2-3,5,7-8H2,1H3,(H,19,24). The van der Waals surface area contributed by atoms with Crippen molar-refractivity contribution >= 4 is 6.03 Å². The van der Waals surface area contributed by atoms with Gasteiger partial charge in [0.2, 0.25) is 5.89 Å². The molecule has 1 unspecified atom stereocenters. The molecule has 0 radical (unpaired) electrons. The fourth-order valence-electron chi connectivity index (χ4n) is 2.83. The number of amides is 2. The highest BCUT2D eigenvalue weighted by Gasteiger charge is 2.33. The molecular weight excluding hydrogens is 341 g/mol. The molecule has 0 bridgehead atoms. The van der Waals surface area contributed by atoms with Gasteiger partial charge in [-0.25, -0.2) is 9.78 Å². The van der Waals surface area contributed by atoms with Crippen molar-refractivity contribution in [2.24, 2.45) is 0 Å². The van der Waals surface area contributed by atoms with E-state index < -0.39 is 18.8 Å². The molecule has 2 amide bonds. The largest absolute Gasteiger partial charge is 0.406 e. The highest BCUT2D eigenvalue weighted by atomic mass is 19.4. The van der Waals surface area contributed by atoms with Gasteiger partial charge in [0.25, 0.3) is 0 Å². The van der Waals surface area contributed by atoms with Crippen LogP contribution in [0.4, 0.5) is 18.0 Å². The summed E-state index contributed by atoms with van der Waals surface area (Å²) < 4.78 is 43.5. The number of nitrogens with zero attached hydrogens (tertiary/aromatic N) is 5. The number of hydrogen-bond donors (Lipinski definition) is 1. The van der Waals surface area contributed by atoms with E-state index >= 15 is 0 Å². The normalized spacial score (nSPS) is 17.9. The van der Waals surface area contributed by atoms with Gasteiger partial charge in [-0.15, -0.1) is 0 Å². The molecule has 0 saturated carbocycles. The maximum absolute atomic E-state index is 12.5. The third-order valence-electron chi connectivity index (χ3n) is 3.90. The van der Waals surface area contributed by atoms with E-state index in [1.807, 2.05) is 0 Å². The van der Waals surface area contributed by atoms with Crippen molar-refractivity contribution in [3.05, 3.63) is 29.9 Å². The molecule has 0 aromatic carbocycles. The topological polar surface area (TPSA) is 89.1 Å². The molecule has 11 heteroatoms. The summed E-state index contributed by atoms with van der Waals surface area (Å²) in [5.41, 5.74) is 0. The first kappa shape index (κ1) is 17.2. The number of aryl methyl sites for hydroxylation is 1. The lowest BCUT2D eigenvalue weighted by Gasteiger charge is -2.22. The minimum atomic E-state index is -4.35. The van der Waals surface area contributed by atoms with Crippen molar-refractivity contribution in [2.75, 3.05) is 6.54 Å². The van der Waals surface area contributed by atoms with E-state index in [9.17, 15) is 18.0 Å². The molecule has 3 rings (SSSR count). The second-order valence-corrected chi connectivity index (χ2v) is 5.77. The van der Waals surface area contributed by atoms with E-state index in [0.717, 1.165) is 11.0 Å². The van der Waals surface area contributed by atoms with Crippen LogP contribution in [0.5, 0.6) is 0 Å². The first-order valence-electron chi connectivity index (χ1n) is 7.75. The second-order valence-electron chi connectivity index (χ2n) is 5.77. The summed E-state index contributed by atoms with van der Waals surface area (Å²) in [7, 11) is 0. The van der Waals surface area contributed by atoms with E-state index in [2.05, 4.69) is 20.4 Å². The Kier molecular flexibility index (Phi) is 4.64. The summed E-state index contributed by atoms with van der Waals surface area (Å²) in [5.74, 6) is 0.983. The highest BCUT2D eigenvalue weighted by molar-refractivity contribution is 5.74. The van der Waals surface area contributed by atoms with Gasteiger partial charge >= 0.3 is 12.2 Å². The summed E-state index contributed by atoms with van der Waals surface area (Å²) in [5, 5.41) is 6.46. The summed E-state index contributed by atoms with van der Waals surface area (Å²) in [6.45, 7) is 0.931. The van der Waals surface area contributed by atoms with E-state index in [1.54, 1.807) is 11.8 Å². The number of nitrogens with one attached hydrogen (secondary N) is 1. The first-order chi connectivity index (χ1) is 11.8. The molecule has 2 aromatic heterocycles. The number of hydrogen-bond acceptors (Lipinski definition) is 5. The lowest BCUT2D eigenvalue weighted by molar-refractivity contribution is -0.141. The van der Waals surface area contributed by atoms with Crippen LogP contribution in [-0.2, 0) is 13.1 Å². The van der Waals surface area contributed by atoms with E-state index in [1.165, 1.54) is 12.4 Å². The maximum Gasteiger partial charge on any atom is 0.406 e. The zero-order valence-corrected chi connectivity index (χ0v) is 13.5. The average Bonchev–Trinajstić information content (AvgIpc) is 3.23. The van der Waals surface area contributed by atoms with Gasteiger partial charge in [-0.2, -0.15) is 18.2 Å². The number of imidazole rings is 1. The molecule has 3 heterocycles. The Hall–Kier alpha value is -2.59. The van der Waals surface area contributed by atoms with Gasteiger partial charge in [-0.3, -0.25) is 0 Å². The predicted molar refractivity (Wildman–Crippen MR) is 78.2 cm³/mol. The number of halogens is 3. The van der Waals surface area contributed by atoms with E-state index in [0.29, 0.717) is 24.7 Å². The van der Waals surface area contributed by atoms with Crippen LogP contribution in [-0.4, -0.2) is 43.3 Å². The Morgan fingerprint density at radius 3 is 2.96 bits per heavy atom. The fourth-order valence-corrected chi connectivity index (χ4v) is 2.83. The van der Waals surface area contributed by atoms with Crippen LogP contribution in [0.3, 0.4) is 0 Å². The minimum Gasteiger partial charge on any atom is -0.340 e. The Balaban J connectivity index is 1.62. The van der Waals surface area contributed by atoms with Crippen LogP contribution in [0.25, 0.3) is 0 Å². The number of urea groups is 1. The number of carbonyl (C=O) groups is 1. The summed E-state index contributed by atoms with van der Waals surface area (Å²) >= 11 is 0. The Bertz CT molecular complexity index is 741. The third kappa shape index (κ3) is 4.09. The van der Waals surface area contributed by atoms with E-state index in [4.69, 9.17) is 4.52 Å². The molecule has 1 atom stereocenters. The molecule has 8 nitrogen and oxygen atoms in total. The summed E-state index contributed by atoms with van der Waals surface area (Å²) in [4.78, 5) is 22.0. The molecular formula is C14H17F3N6O2. The number of likely N-dealkylation sites (tertiary alicyclic amines) is 1. The molecule has 0 spiro atoms. The molecule has 0 aliphatic carbocycles. The average molecular weight is 358 g/mol. The van der Waals surface area contributed by atoms with Gasteiger partial charge in [0.1, 0.15) is 12.4 Å². The third-order valence-corrected chi connectivity index (χ3v) is 3.90. The Labute approximate surface area is 141 Å². The van der Waals surface area contributed by atoms with Gasteiger partial charge in [-0.1, -0.05) is 5.16 Å². The monoisotopic (exact) mass is 358 g/mol. The molecule has 2 aromatic rings.